The summed E-state index contributed by atoms with van der Waals surface area (Å²) in [6, 6.07) is 2.67. The summed E-state index contributed by atoms with van der Waals surface area (Å²) >= 11 is 0. The molecule has 1 aromatic heterocycles. The number of nitrogens with two attached hydrogens (primary N) is 1. The maximum absolute atomic E-state index is 8.81. The van der Waals surface area contributed by atoms with Gasteiger partial charge in [-0.25, -0.2) is 0 Å². The maximum atomic E-state index is 8.81. The van der Waals surface area contributed by atoms with Crippen molar-refractivity contribution >= 4 is 5.84 Å². The van der Waals surface area contributed by atoms with Crippen LogP contribution in [0.2, 0.25) is 0 Å². The Morgan fingerprint density at radius 1 is 1.55 bits per heavy atom. The Morgan fingerprint density at radius 2 is 2.25 bits per heavy atom. The van der Waals surface area contributed by atoms with Gasteiger partial charge in [-0.2, -0.15) is 5.10 Å². The summed E-state index contributed by atoms with van der Waals surface area (Å²) < 4.78 is 1.94. The van der Waals surface area contributed by atoms with E-state index in [-0.39, 0.29) is 5.84 Å². The number of hydrogen-bond acceptors (Lipinski definition) is 4. The third-order valence-electron chi connectivity index (χ3n) is 4.09. The van der Waals surface area contributed by atoms with Gasteiger partial charge in [-0.15, -0.1) is 0 Å². The van der Waals surface area contributed by atoms with Crippen molar-refractivity contribution < 1.29 is 5.21 Å². The smallest absolute Gasteiger partial charge is 0.153 e. The summed E-state index contributed by atoms with van der Waals surface area (Å²) in [7, 11) is 1.98. The van der Waals surface area contributed by atoms with Crippen molar-refractivity contribution in [3.8, 4) is 0 Å². The van der Waals surface area contributed by atoms with E-state index in [4.69, 9.17) is 10.9 Å². The van der Waals surface area contributed by atoms with E-state index in [1.807, 2.05) is 11.7 Å². The molecule has 1 aromatic rings. The first-order valence-electron chi connectivity index (χ1n) is 7.36. The van der Waals surface area contributed by atoms with E-state index < -0.39 is 0 Å². The van der Waals surface area contributed by atoms with Crippen LogP contribution in [0.25, 0.3) is 0 Å². The molecular formula is C14H25N5O. The van der Waals surface area contributed by atoms with Crippen LogP contribution in [-0.4, -0.2) is 38.3 Å². The molecular weight excluding hydrogens is 254 g/mol. The minimum Gasteiger partial charge on any atom is -0.409 e. The minimum absolute atomic E-state index is 0.273. The van der Waals surface area contributed by atoms with Crippen molar-refractivity contribution in [2.45, 2.75) is 51.6 Å². The molecule has 0 unspecified atom stereocenters. The lowest BCUT2D eigenvalue weighted by Crippen LogP contribution is -2.40. The normalized spacial score (nSPS) is 17.2. The monoisotopic (exact) mass is 279 g/mol. The van der Waals surface area contributed by atoms with Gasteiger partial charge >= 0.3 is 0 Å². The Morgan fingerprint density at radius 3 is 2.80 bits per heavy atom. The predicted molar refractivity (Wildman–Crippen MR) is 78.7 cm³/mol. The maximum Gasteiger partial charge on any atom is 0.153 e. The van der Waals surface area contributed by atoms with Crippen molar-refractivity contribution in [2.75, 3.05) is 6.54 Å². The lowest BCUT2D eigenvalue weighted by molar-refractivity contribution is 0.209. The first-order valence-corrected chi connectivity index (χ1v) is 7.36. The molecule has 0 amide bonds. The van der Waals surface area contributed by atoms with E-state index in [9.17, 15) is 0 Å². The van der Waals surface area contributed by atoms with Crippen LogP contribution in [0.15, 0.2) is 11.2 Å². The lowest BCUT2D eigenvalue weighted by atomic mass is 10.2. The van der Waals surface area contributed by atoms with Gasteiger partial charge in [0.05, 0.1) is 17.9 Å². The highest BCUT2D eigenvalue weighted by Gasteiger charge is 2.24. The molecule has 1 saturated carbocycles. The van der Waals surface area contributed by atoms with Crippen LogP contribution in [-0.2, 0) is 20.0 Å². The molecule has 112 valence electrons. The van der Waals surface area contributed by atoms with Crippen molar-refractivity contribution in [3.63, 3.8) is 0 Å². The van der Waals surface area contributed by atoms with Crippen LogP contribution in [0.3, 0.4) is 0 Å². The van der Waals surface area contributed by atoms with Crippen LogP contribution >= 0.6 is 0 Å². The van der Waals surface area contributed by atoms with Gasteiger partial charge in [0.1, 0.15) is 0 Å². The second-order valence-corrected chi connectivity index (χ2v) is 5.54. The highest BCUT2D eigenvalue weighted by atomic mass is 16.4. The van der Waals surface area contributed by atoms with Gasteiger partial charge in [0.15, 0.2) is 5.84 Å². The van der Waals surface area contributed by atoms with Gasteiger partial charge in [0.2, 0.25) is 0 Å². The fourth-order valence-electron chi connectivity index (χ4n) is 2.92. The summed E-state index contributed by atoms with van der Waals surface area (Å²) in [4.78, 5) is 2.30. The second-order valence-electron chi connectivity index (χ2n) is 5.54. The van der Waals surface area contributed by atoms with E-state index in [2.05, 4.69) is 28.1 Å². The van der Waals surface area contributed by atoms with E-state index in [1.165, 1.54) is 31.4 Å². The number of amidine groups is 1. The van der Waals surface area contributed by atoms with Crippen LogP contribution < -0.4 is 5.73 Å². The lowest BCUT2D eigenvalue weighted by Gasteiger charge is -2.28. The van der Waals surface area contributed by atoms with E-state index in [0.29, 0.717) is 12.6 Å². The quantitative estimate of drug-likeness (QED) is 0.358. The molecule has 0 atom stereocenters. The number of aryl methyl sites for hydroxylation is 2. The Balaban J connectivity index is 2.11. The van der Waals surface area contributed by atoms with Gasteiger partial charge in [0, 0.05) is 19.6 Å². The molecule has 3 N–H and O–H groups in total. The zero-order valence-electron chi connectivity index (χ0n) is 12.4. The molecule has 0 radical (unpaired) electrons. The summed E-state index contributed by atoms with van der Waals surface area (Å²) in [6.07, 6.45) is 5.86. The number of oxime groups is 1. The number of hydrogen-bond donors (Lipinski definition) is 2. The number of rotatable bonds is 6. The minimum atomic E-state index is 0.273. The van der Waals surface area contributed by atoms with Crippen molar-refractivity contribution in [1.82, 2.24) is 14.7 Å². The molecule has 1 fully saturated rings. The van der Waals surface area contributed by atoms with Crippen LogP contribution in [0.4, 0.5) is 0 Å². The Kier molecular flexibility index (Phi) is 5.00. The van der Waals surface area contributed by atoms with Crippen molar-refractivity contribution in [1.29, 1.82) is 0 Å². The molecule has 2 rings (SSSR count). The fraction of sp³-hybridized carbons (Fsp3) is 0.714. The van der Waals surface area contributed by atoms with Crippen LogP contribution in [0, 0.1) is 0 Å². The zero-order valence-corrected chi connectivity index (χ0v) is 12.4. The van der Waals surface area contributed by atoms with Gasteiger partial charge in [-0.1, -0.05) is 24.9 Å². The highest BCUT2D eigenvalue weighted by molar-refractivity contribution is 5.81. The summed E-state index contributed by atoms with van der Waals surface area (Å²) in [6.45, 7) is 3.41. The largest absolute Gasteiger partial charge is 0.409 e. The van der Waals surface area contributed by atoms with Crippen LogP contribution in [0.1, 0.15) is 44.0 Å². The average Bonchev–Trinajstić information content (AvgIpc) is 3.08. The number of nitrogens with zero attached hydrogens (tertiary/aromatic N) is 4. The van der Waals surface area contributed by atoms with Crippen LogP contribution in [0.5, 0.6) is 0 Å². The average molecular weight is 279 g/mol. The Hall–Kier alpha value is -1.56. The highest BCUT2D eigenvalue weighted by Crippen LogP contribution is 2.24. The topological polar surface area (TPSA) is 79.7 Å². The Bertz CT molecular complexity index is 462. The third-order valence-corrected chi connectivity index (χ3v) is 4.09. The first kappa shape index (κ1) is 14.8. The SMILES string of the molecule is CCc1cc(CN(CC(N)=NO)C2CCCC2)n(C)n1. The second kappa shape index (κ2) is 6.74. The summed E-state index contributed by atoms with van der Waals surface area (Å²) in [5.41, 5.74) is 7.99. The summed E-state index contributed by atoms with van der Waals surface area (Å²) in [5.74, 6) is 0.273. The molecule has 0 saturated heterocycles. The molecule has 6 nitrogen and oxygen atoms in total. The predicted octanol–water partition coefficient (Wildman–Crippen LogP) is 1.47. The summed E-state index contributed by atoms with van der Waals surface area (Å²) in [5, 5.41) is 16.4. The molecule has 0 bridgehead atoms. The molecule has 0 aliphatic heterocycles. The van der Waals surface area contributed by atoms with E-state index in [1.54, 1.807) is 0 Å². The van der Waals surface area contributed by atoms with Gasteiger partial charge in [-0.3, -0.25) is 9.58 Å². The molecule has 0 aromatic carbocycles. The molecule has 1 aliphatic carbocycles. The molecule has 6 heteroatoms. The molecule has 1 aliphatic rings. The molecule has 1 heterocycles. The van der Waals surface area contributed by atoms with Gasteiger partial charge in [0.25, 0.3) is 0 Å². The van der Waals surface area contributed by atoms with Gasteiger partial charge in [-0.05, 0) is 25.3 Å². The van der Waals surface area contributed by atoms with Crippen molar-refractivity contribution in [2.24, 2.45) is 17.9 Å². The zero-order chi connectivity index (χ0) is 14.5. The standard InChI is InChI=1S/C14H25N5O/c1-3-11-8-13(18(2)16-11)9-19(10-14(15)17-20)12-6-4-5-7-12/h8,12,20H,3-7,9-10H2,1-2H3,(H2,15,17). The number of aromatic nitrogens is 2. The van der Waals surface area contributed by atoms with E-state index >= 15 is 0 Å². The molecule has 0 spiro atoms. The first-order chi connectivity index (χ1) is 9.63. The molecule has 20 heavy (non-hydrogen) atoms. The van der Waals surface area contributed by atoms with Gasteiger partial charge < -0.3 is 10.9 Å². The van der Waals surface area contributed by atoms with E-state index in [0.717, 1.165) is 18.7 Å². The fourth-order valence-corrected chi connectivity index (χ4v) is 2.92. The van der Waals surface area contributed by atoms with Crippen molar-refractivity contribution in [3.05, 3.63) is 17.5 Å². The Labute approximate surface area is 120 Å². The third kappa shape index (κ3) is 3.50.